The molecule has 6 nitrogen and oxygen atoms in total. The number of hydrogen-bond acceptors (Lipinski definition) is 4. The molecule has 0 aliphatic carbocycles. The Kier molecular flexibility index (Phi) is 3.47. The molecule has 20 heavy (non-hydrogen) atoms. The van der Waals surface area contributed by atoms with Crippen LogP contribution in [0.4, 0.5) is 5.69 Å². The molecule has 2 heterocycles. The SMILES string of the molecule is Cn1cnc(CNC2CCc3ccccc3NC2=O)n1. The molecule has 1 aromatic carbocycles. The fraction of sp³-hybridized carbons (Fsp3) is 0.357. The lowest BCUT2D eigenvalue weighted by Crippen LogP contribution is -2.39. The summed E-state index contributed by atoms with van der Waals surface area (Å²) in [6.07, 6.45) is 3.30. The minimum absolute atomic E-state index is 0.00545. The highest BCUT2D eigenvalue weighted by atomic mass is 16.2. The topological polar surface area (TPSA) is 71.8 Å². The molecule has 1 aliphatic heterocycles. The smallest absolute Gasteiger partial charge is 0.241 e. The highest BCUT2D eigenvalue weighted by molar-refractivity contribution is 5.96. The van der Waals surface area contributed by atoms with E-state index in [0.717, 1.165) is 18.5 Å². The number of aryl methyl sites for hydroxylation is 2. The van der Waals surface area contributed by atoms with Gasteiger partial charge in [-0.3, -0.25) is 14.8 Å². The highest BCUT2D eigenvalue weighted by Crippen LogP contribution is 2.21. The first-order chi connectivity index (χ1) is 9.72. The van der Waals surface area contributed by atoms with Crippen LogP contribution in [0.25, 0.3) is 0 Å². The number of rotatable bonds is 3. The summed E-state index contributed by atoms with van der Waals surface area (Å²) in [5, 5.41) is 10.4. The van der Waals surface area contributed by atoms with E-state index in [9.17, 15) is 4.79 Å². The fourth-order valence-electron chi connectivity index (χ4n) is 2.39. The lowest BCUT2D eigenvalue weighted by atomic mass is 10.1. The minimum atomic E-state index is -0.216. The Labute approximate surface area is 117 Å². The Balaban J connectivity index is 1.65. The number of aromatic nitrogens is 3. The Morgan fingerprint density at radius 3 is 3.10 bits per heavy atom. The number of para-hydroxylation sites is 1. The van der Waals surface area contributed by atoms with Gasteiger partial charge in [-0.25, -0.2) is 4.98 Å². The van der Waals surface area contributed by atoms with Crippen LogP contribution >= 0.6 is 0 Å². The van der Waals surface area contributed by atoms with E-state index >= 15 is 0 Å². The van der Waals surface area contributed by atoms with Crippen LogP contribution in [0.3, 0.4) is 0 Å². The molecule has 0 radical (unpaired) electrons. The number of benzene rings is 1. The predicted octanol–water partition coefficient (Wildman–Crippen LogP) is 0.858. The zero-order chi connectivity index (χ0) is 13.9. The van der Waals surface area contributed by atoms with Gasteiger partial charge < -0.3 is 5.32 Å². The van der Waals surface area contributed by atoms with Crippen molar-refractivity contribution < 1.29 is 4.79 Å². The number of nitrogens with one attached hydrogen (secondary N) is 2. The molecule has 2 N–H and O–H groups in total. The van der Waals surface area contributed by atoms with Crippen LogP contribution in [0.1, 0.15) is 17.8 Å². The molecular weight excluding hydrogens is 254 g/mol. The van der Waals surface area contributed by atoms with E-state index in [-0.39, 0.29) is 11.9 Å². The average Bonchev–Trinajstić information content (AvgIpc) is 2.78. The standard InChI is InChI=1S/C14H17N5O/c1-19-9-16-13(18-19)8-15-12-7-6-10-4-2-3-5-11(10)17-14(12)20/h2-5,9,12,15H,6-8H2,1H3,(H,17,20). The van der Waals surface area contributed by atoms with Crippen LogP contribution in [0.5, 0.6) is 0 Å². The molecule has 0 bridgehead atoms. The predicted molar refractivity (Wildman–Crippen MR) is 75.0 cm³/mol. The summed E-state index contributed by atoms with van der Waals surface area (Å²) >= 11 is 0. The van der Waals surface area contributed by atoms with Gasteiger partial charge in [-0.05, 0) is 24.5 Å². The van der Waals surface area contributed by atoms with Crippen molar-refractivity contribution in [3.05, 3.63) is 42.0 Å². The monoisotopic (exact) mass is 271 g/mol. The van der Waals surface area contributed by atoms with E-state index < -0.39 is 0 Å². The quantitative estimate of drug-likeness (QED) is 0.868. The van der Waals surface area contributed by atoms with E-state index in [0.29, 0.717) is 12.4 Å². The Hall–Kier alpha value is -2.21. The summed E-state index contributed by atoms with van der Waals surface area (Å²) in [5.41, 5.74) is 2.10. The Morgan fingerprint density at radius 1 is 1.45 bits per heavy atom. The van der Waals surface area contributed by atoms with Crippen molar-refractivity contribution in [1.82, 2.24) is 20.1 Å². The third-order valence-corrected chi connectivity index (χ3v) is 3.45. The lowest BCUT2D eigenvalue weighted by molar-refractivity contribution is -0.118. The molecule has 1 aliphatic rings. The molecule has 1 amide bonds. The van der Waals surface area contributed by atoms with Gasteiger partial charge in [0.1, 0.15) is 6.33 Å². The van der Waals surface area contributed by atoms with Gasteiger partial charge in [0.2, 0.25) is 5.91 Å². The molecule has 0 spiro atoms. The maximum atomic E-state index is 12.2. The fourth-order valence-corrected chi connectivity index (χ4v) is 2.39. The largest absolute Gasteiger partial charge is 0.324 e. The first kappa shape index (κ1) is 12.8. The van der Waals surface area contributed by atoms with Gasteiger partial charge in [0.15, 0.2) is 5.82 Å². The number of hydrogen-bond donors (Lipinski definition) is 2. The summed E-state index contributed by atoms with van der Waals surface area (Å²) in [4.78, 5) is 16.3. The number of anilines is 1. The first-order valence-corrected chi connectivity index (χ1v) is 6.69. The molecule has 1 atom stereocenters. The summed E-state index contributed by atoms with van der Waals surface area (Å²) in [6.45, 7) is 0.495. The average molecular weight is 271 g/mol. The molecule has 3 rings (SSSR count). The summed E-state index contributed by atoms with van der Waals surface area (Å²) in [7, 11) is 1.82. The third-order valence-electron chi connectivity index (χ3n) is 3.45. The molecule has 2 aromatic rings. The van der Waals surface area contributed by atoms with Crippen LogP contribution in [-0.4, -0.2) is 26.7 Å². The van der Waals surface area contributed by atoms with E-state index in [4.69, 9.17) is 0 Å². The third kappa shape index (κ3) is 2.70. The van der Waals surface area contributed by atoms with Gasteiger partial charge in [0.05, 0.1) is 12.6 Å². The number of nitrogens with zero attached hydrogens (tertiary/aromatic N) is 3. The second-order valence-electron chi connectivity index (χ2n) is 4.95. The maximum absolute atomic E-state index is 12.2. The zero-order valence-corrected chi connectivity index (χ0v) is 11.3. The zero-order valence-electron chi connectivity index (χ0n) is 11.3. The lowest BCUT2D eigenvalue weighted by Gasteiger charge is -2.13. The van der Waals surface area contributed by atoms with Crippen LogP contribution in [-0.2, 0) is 24.8 Å². The van der Waals surface area contributed by atoms with Crippen molar-refractivity contribution in [3.63, 3.8) is 0 Å². The maximum Gasteiger partial charge on any atom is 0.241 e. The van der Waals surface area contributed by atoms with Gasteiger partial charge in [-0.1, -0.05) is 18.2 Å². The van der Waals surface area contributed by atoms with Gasteiger partial charge in [-0.15, -0.1) is 0 Å². The summed E-state index contributed by atoms with van der Waals surface area (Å²) in [6, 6.07) is 7.71. The molecule has 104 valence electrons. The van der Waals surface area contributed by atoms with Crippen LogP contribution in [0.2, 0.25) is 0 Å². The molecular formula is C14H17N5O. The molecule has 0 fully saturated rings. The van der Waals surface area contributed by atoms with Crippen LogP contribution < -0.4 is 10.6 Å². The Bertz CT molecular complexity index is 622. The van der Waals surface area contributed by atoms with Crippen LogP contribution in [0, 0.1) is 0 Å². The highest BCUT2D eigenvalue weighted by Gasteiger charge is 2.23. The van der Waals surface area contributed by atoms with Crippen molar-refractivity contribution >= 4 is 11.6 Å². The second kappa shape index (κ2) is 5.42. The summed E-state index contributed by atoms with van der Waals surface area (Å²) < 4.78 is 1.65. The van der Waals surface area contributed by atoms with E-state index in [1.165, 1.54) is 5.56 Å². The van der Waals surface area contributed by atoms with E-state index in [2.05, 4.69) is 26.8 Å². The van der Waals surface area contributed by atoms with Crippen molar-refractivity contribution in [1.29, 1.82) is 0 Å². The van der Waals surface area contributed by atoms with Crippen molar-refractivity contribution in [2.24, 2.45) is 7.05 Å². The van der Waals surface area contributed by atoms with E-state index in [1.807, 2.05) is 25.2 Å². The van der Waals surface area contributed by atoms with Gasteiger partial charge in [0.25, 0.3) is 0 Å². The number of fused-ring (bicyclic) bond motifs is 1. The number of amides is 1. The molecule has 0 saturated heterocycles. The van der Waals surface area contributed by atoms with Gasteiger partial charge in [-0.2, -0.15) is 5.10 Å². The molecule has 1 aromatic heterocycles. The molecule has 0 saturated carbocycles. The molecule has 6 heteroatoms. The van der Waals surface area contributed by atoms with Crippen LogP contribution in [0.15, 0.2) is 30.6 Å². The van der Waals surface area contributed by atoms with Crippen molar-refractivity contribution in [2.45, 2.75) is 25.4 Å². The Morgan fingerprint density at radius 2 is 2.30 bits per heavy atom. The van der Waals surface area contributed by atoms with Gasteiger partial charge in [0, 0.05) is 12.7 Å². The molecule has 1 unspecified atom stereocenters. The van der Waals surface area contributed by atoms with Gasteiger partial charge >= 0.3 is 0 Å². The minimum Gasteiger partial charge on any atom is -0.324 e. The second-order valence-corrected chi connectivity index (χ2v) is 4.95. The van der Waals surface area contributed by atoms with Crippen molar-refractivity contribution in [2.75, 3.05) is 5.32 Å². The van der Waals surface area contributed by atoms with Crippen molar-refractivity contribution in [3.8, 4) is 0 Å². The number of carbonyl (C=O) groups excluding carboxylic acids is 1. The number of carbonyl (C=O) groups is 1. The summed E-state index contributed by atoms with van der Waals surface area (Å²) in [5.74, 6) is 0.702. The first-order valence-electron chi connectivity index (χ1n) is 6.69. The normalized spacial score (nSPS) is 18.2. The van der Waals surface area contributed by atoms with E-state index in [1.54, 1.807) is 11.0 Å².